The summed E-state index contributed by atoms with van der Waals surface area (Å²) in [6, 6.07) is 42.5. The van der Waals surface area contributed by atoms with Crippen LogP contribution in [0.5, 0.6) is 0 Å². The van der Waals surface area contributed by atoms with E-state index in [1.54, 1.807) is 27.0 Å². The number of hydrogen-bond acceptors (Lipinski definition) is 16. The second-order valence-corrected chi connectivity index (χ2v) is 30.0. The zero-order chi connectivity index (χ0) is 60.0. The van der Waals surface area contributed by atoms with Crippen molar-refractivity contribution in [2.75, 3.05) is 31.6 Å². The summed E-state index contributed by atoms with van der Waals surface area (Å²) in [4.78, 5) is 98.7. The molecule has 4 heterocycles. The maximum atomic E-state index is 15.3. The Bertz CT molecular complexity index is 3320. The van der Waals surface area contributed by atoms with Gasteiger partial charge in [-0.1, -0.05) is 189 Å². The van der Waals surface area contributed by atoms with Gasteiger partial charge in [-0.25, -0.2) is 29.2 Å². The fraction of sp³-hybridized carbons (Fsp3) is 0.339. The van der Waals surface area contributed by atoms with E-state index in [-0.39, 0.29) is 42.1 Å². The van der Waals surface area contributed by atoms with Crippen LogP contribution in [-0.4, -0.2) is 130 Å². The normalized spacial score (nSPS) is 18.6. The molecule has 0 spiro atoms. The van der Waals surface area contributed by atoms with Crippen molar-refractivity contribution in [3.05, 3.63) is 190 Å². The molecule has 3 fully saturated rings. The largest absolute Gasteiger partial charge is 0.450 e. The Kier molecular flexibility index (Phi) is 18.2. The number of carbonyl (C=O) groups excluding carboxylic acids is 6. The average molecular weight is 1190 g/mol. The SMILES string of the molecule is Cc1ccc(/C=N/N2CCN([C@]3(C(=O)OC(c4ccccc4)c4ccccc4)CN4C(=O)[C@@H](NC(=O)/C(=N\O[C@H](CO[Si](C)(C)C(C)(C)C)C(=O)OC(c5ccccc5)c5ccccc5)c5csc(NC(=O)OC(C)(C)C)n5)[C@H]4S3)C2=O)cc1. The van der Waals surface area contributed by atoms with Crippen molar-refractivity contribution in [1.82, 2.24) is 25.1 Å². The second kappa shape index (κ2) is 25.3. The summed E-state index contributed by atoms with van der Waals surface area (Å²) in [5.41, 5.74) is 3.09. The number of nitrogens with zero attached hydrogens (tertiary/aromatic N) is 6. The van der Waals surface area contributed by atoms with Crippen LogP contribution in [0.1, 0.15) is 92.8 Å². The first-order valence-corrected chi connectivity index (χ1v) is 32.1. The van der Waals surface area contributed by atoms with Crippen LogP contribution >= 0.6 is 23.1 Å². The smallest absolute Gasteiger partial charge is 0.413 e. The highest BCUT2D eigenvalue weighted by Gasteiger charge is 2.67. The number of benzene rings is 5. The molecule has 3 saturated heterocycles. The molecule has 2 N–H and O–H groups in total. The highest BCUT2D eigenvalue weighted by atomic mass is 32.2. The third kappa shape index (κ3) is 13.9. The van der Waals surface area contributed by atoms with Crippen molar-refractivity contribution in [2.45, 2.75) is 107 Å². The molecular weight excluding hydrogens is 1120 g/mol. The molecule has 5 aromatic carbocycles. The van der Waals surface area contributed by atoms with Crippen LogP contribution in [0.25, 0.3) is 0 Å². The van der Waals surface area contributed by atoms with Gasteiger partial charge in [0.1, 0.15) is 22.7 Å². The number of aromatic nitrogens is 1. The molecule has 9 rings (SSSR count). The first kappa shape index (κ1) is 60.4. The Morgan fingerprint density at radius 3 is 1.86 bits per heavy atom. The van der Waals surface area contributed by atoms with Gasteiger partial charge < -0.3 is 33.7 Å². The summed E-state index contributed by atoms with van der Waals surface area (Å²) in [7, 11) is -2.58. The molecule has 19 nitrogen and oxygen atoms in total. The number of ether oxygens (including phenoxy) is 3. The lowest BCUT2D eigenvalue weighted by Gasteiger charge is -2.41. The zero-order valence-electron chi connectivity index (χ0n) is 48.2. The number of urea groups is 1. The molecule has 0 aliphatic carbocycles. The topological polar surface area (TPSA) is 220 Å². The molecule has 4 atom stereocenters. The molecule has 0 radical (unpaired) electrons. The number of thiazole rings is 1. The number of carbonyl (C=O) groups is 6. The van der Waals surface area contributed by atoms with Gasteiger partial charge in [0.2, 0.25) is 16.9 Å². The molecule has 0 unspecified atom stereocenters. The van der Waals surface area contributed by atoms with Crippen molar-refractivity contribution in [1.29, 1.82) is 0 Å². The maximum absolute atomic E-state index is 15.3. The van der Waals surface area contributed by atoms with Gasteiger partial charge in [-0.15, -0.1) is 11.3 Å². The summed E-state index contributed by atoms with van der Waals surface area (Å²) in [5.74, 6) is -3.18. The maximum Gasteiger partial charge on any atom is 0.413 e. The number of rotatable bonds is 20. The van der Waals surface area contributed by atoms with E-state index in [4.69, 9.17) is 23.5 Å². The van der Waals surface area contributed by atoms with Crippen LogP contribution in [0.2, 0.25) is 18.1 Å². The number of hydrogen-bond donors (Lipinski definition) is 2. The second-order valence-electron chi connectivity index (χ2n) is 22.9. The van der Waals surface area contributed by atoms with E-state index in [1.165, 1.54) is 20.2 Å². The fourth-order valence-electron chi connectivity index (χ4n) is 9.12. The van der Waals surface area contributed by atoms with E-state index < -0.39 is 90.1 Å². The van der Waals surface area contributed by atoms with E-state index in [0.717, 1.165) is 34.2 Å². The van der Waals surface area contributed by atoms with Gasteiger partial charge in [-0.05, 0) is 73.6 Å². The lowest BCUT2D eigenvalue weighted by molar-refractivity contribution is -0.163. The Morgan fingerprint density at radius 2 is 1.32 bits per heavy atom. The molecule has 22 heteroatoms. The fourth-order valence-corrected chi connectivity index (χ4v) is 12.5. The molecule has 438 valence electrons. The summed E-state index contributed by atoms with van der Waals surface area (Å²) >= 11 is 1.96. The van der Waals surface area contributed by atoms with Crippen LogP contribution in [0.4, 0.5) is 14.7 Å². The van der Waals surface area contributed by atoms with Crippen LogP contribution in [0.3, 0.4) is 0 Å². The predicted molar refractivity (Wildman–Crippen MR) is 324 cm³/mol. The minimum atomic E-state index is -2.58. The van der Waals surface area contributed by atoms with Crippen molar-refractivity contribution in [3.63, 3.8) is 0 Å². The summed E-state index contributed by atoms with van der Waals surface area (Å²) in [6.07, 6.45) is -2.58. The summed E-state index contributed by atoms with van der Waals surface area (Å²) < 4.78 is 24.8. The van der Waals surface area contributed by atoms with Gasteiger partial charge in [-0.3, -0.25) is 19.8 Å². The minimum absolute atomic E-state index is 0.0305. The lowest BCUT2D eigenvalue weighted by atomic mass is 10.0. The van der Waals surface area contributed by atoms with Gasteiger partial charge >= 0.3 is 24.1 Å². The molecule has 0 bridgehead atoms. The van der Waals surface area contributed by atoms with E-state index in [9.17, 15) is 19.2 Å². The number of nitrogens with one attached hydrogen (secondary N) is 2. The molecular formula is C62H68N8O11S2Si. The summed E-state index contributed by atoms with van der Waals surface area (Å²) in [6.45, 7) is 16.8. The monoisotopic (exact) mass is 1190 g/mol. The lowest BCUT2D eigenvalue weighted by Crippen LogP contribution is -2.68. The Balaban J connectivity index is 1.04. The highest BCUT2D eigenvalue weighted by molar-refractivity contribution is 8.02. The van der Waals surface area contributed by atoms with Crippen LogP contribution in [0, 0.1) is 6.92 Å². The first-order valence-electron chi connectivity index (χ1n) is 27.4. The van der Waals surface area contributed by atoms with Crippen molar-refractivity contribution in [3.8, 4) is 0 Å². The number of amides is 5. The zero-order valence-corrected chi connectivity index (χ0v) is 50.8. The standard InChI is InChI=1S/C62H68N8O11S2Si/c1-40-30-32-41(33-31-40)36-63-70-35-34-69(59(70)76)62(56(74)79-51(44-26-18-12-19-27-44)45-28-20-13-21-29-45)39-68-53(72)49(54(68)83-62)65-52(71)48(46-38-82-57(64-46)66-58(75)80-60(2,3)4)67-81-47(37-77-84(8,9)61(5,6)7)55(73)78-50(42-22-14-10-15-23-42)43-24-16-11-17-25-43/h10-33,36,38,47,49-51,54H,34-35,37,39H2,1-9H3,(H,65,71)(H,64,66,75)/b63-36+,67-48-/t47-,49-,54-,62-/m1/s1. The Morgan fingerprint density at radius 1 is 0.774 bits per heavy atom. The number of thioether (sulfide) groups is 1. The number of esters is 2. The Hall–Kier alpha value is -8.18. The predicted octanol–water partition coefficient (Wildman–Crippen LogP) is 10.4. The number of oxime groups is 1. The van der Waals surface area contributed by atoms with Gasteiger partial charge in [-0.2, -0.15) is 5.10 Å². The van der Waals surface area contributed by atoms with Crippen molar-refractivity contribution >= 4 is 84.4 Å². The van der Waals surface area contributed by atoms with Crippen LogP contribution in [-0.2, 0) is 42.7 Å². The van der Waals surface area contributed by atoms with Gasteiger partial charge in [0.25, 0.3) is 5.91 Å². The number of aryl methyl sites for hydroxylation is 1. The summed E-state index contributed by atoms with van der Waals surface area (Å²) in [5, 5.41) is 15.8. The third-order valence-corrected chi connectivity index (χ3v) is 21.6. The van der Waals surface area contributed by atoms with E-state index in [0.29, 0.717) is 22.3 Å². The quantitative estimate of drug-likeness (QED) is 0.0182. The highest BCUT2D eigenvalue weighted by Crippen LogP contribution is 2.51. The van der Waals surface area contributed by atoms with Gasteiger partial charge in [0.05, 0.1) is 25.9 Å². The van der Waals surface area contributed by atoms with Gasteiger partial charge in [0.15, 0.2) is 31.4 Å². The number of β-lactam (4-membered cyclic amide) rings is 1. The Labute approximate surface area is 497 Å². The van der Waals surface area contributed by atoms with E-state index >= 15 is 9.59 Å². The molecule has 1 aromatic heterocycles. The molecule has 3 aliphatic rings. The molecule has 0 saturated carbocycles. The number of hydrazone groups is 1. The van der Waals surface area contributed by atoms with Crippen LogP contribution in [0.15, 0.2) is 161 Å². The number of anilines is 1. The minimum Gasteiger partial charge on any atom is -0.450 e. The molecule has 6 aromatic rings. The van der Waals surface area contributed by atoms with Crippen LogP contribution < -0.4 is 10.6 Å². The molecule has 3 aliphatic heterocycles. The van der Waals surface area contributed by atoms with E-state index in [1.807, 2.05) is 186 Å². The average Bonchev–Trinajstić information content (AvgIpc) is 3.02. The molecule has 84 heavy (non-hydrogen) atoms. The number of fused-ring (bicyclic) bond motifs is 1. The van der Waals surface area contributed by atoms with Crippen molar-refractivity contribution in [2.24, 2.45) is 10.3 Å². The van der Waals surface area contributed by atoms with Gasteiger partial charge in [0, 0.05) is 11.9 Å². The van der Waals surface area contributed by atoms with Crippen molar-refractivity contribution < 1.29 is 52.2 Å². The van der Waals surface area contributed by atoms with E-state index in [2.05, 4.69) is 25.9 Å². The molecule has 5 amide bonds. The third-order valence-electron chi connectivity index (χ3n) is 14.7. The first-order chi connectivity index (χ1) is 40.0.